The van der Waals surface area contributed by atoms with E-state index in [0.717, 1.165) is 31.4 Å². The Kier molecular flexibility index (Phi) is 7.26. The summed E-state index contributed by atoms with van der Waals surface area (Å²) in [7, 11) is -3.68. The summed E-state index contributed by atoms with van der Waals surface area (Å²) in [5.74, 6) is 4.71. The van der Waals surface area contributed by atoms with Gasteiger partial charge in [0.15, 0.2) is 0 Å². The van der Waals surface area contributed by atoms with E-state index in [9.17, 15) is 26.4 Å². The Morgan fingerprint density at radius 2 is 1.81 bits per heavy atom. The SMILES string of the molecule is Cc1ccc(S(=O)(=O)N2CCCCC2)cc1C(=O)NCC#Cc1cccc(C(F)(F)F)c1. The van der Waals surface area contributed by atoms with Crippen molar-refractivity contribution in [1.82, 2.24) is 9.62 Å². The third-order valence-electron chi connectivity index (χ3n) is 5.17. The first-order chi connectivity index (χ1) is 15.1. The fourth-order valence-electron chi connectivity index (χ4n) is 3.40. The monoisotopic (exact) mass is 464 g/mol. The van der Waals surface area contributed by atoms with Crippen LogP contribution in [0.5, 0.6) is 0 Å². The van der Waals surface area contributed by atoms with Gasteiger partial charge in [-0.3, -0.25) is 4.79 Å². The summed E-state index contributed by atoms with van der Waals surface area (Å²) in [6.07, 6.45) is -1.84. The summed E-state index contributed by atoms with van der Waals surface area (Å²) in [5.41, 5.74) is 0.199. The van der Waals surface area contributed by atoms with Gasteiger partial charge in [-0.2, -0.15) is 17.5 Å². The number of aryl methyl sites for hydroxylation is 1. The van der Waals surface area contributed by atoms with Gasteiger partial charge in [0, 0.05) is 24.2 Å². The van der Waals surface area contributed by atoms with Gasteiger partial charge in [0.25, 0.3) is 5.91 Å². The fourth-order valence-corrected chi connectivity index (χ4v) is 4.94. The maximum absolute atomic E-state index is 12.9. The smallest absolute Gasteiger partial charge is 0.341 e. The largest absolute Gasteiger partial charge is 0.416 e. The van der Waals surface area contributed by atoms with Gasteiger partial charge in [-0.1, -0.05) is 30.4 Å². The lowest BCUT2D eigenvalue weighted by molar-refractivity contribution is -0.137. The highest BCUT2D eigenvalue weighted by atomic mass is 32.2. The van der Waals surface area contributed by atoms with E-state index in [1.807, 2.05) is 0 Å². The van der Waals surface area contributed by atoms with E-state index < -0.39 is 27.7 Å². The molecule has 9 heteroatoms. The number of alkyl halides is 3. The zero-order chi connectivity index (χ0) is 23.4. The number of nitrogens with one attached hydrogen (secondary N) is 1. The molecule has 1 aliphatic heterocycles. The molecule has 0 spiro atoms. The maximum Gasteiger partial charge on any atom is 0.416 e. The van der Waals surface area contributed by atoms with Crippen LogP contribution in [0.4, 0.5) is 13.2 Å². The molecule has 0 atom stereocenters. The minimum atomic E-state index is -4.46. The molecule has 1 fully saturated rings. The molecular formula is C23H23F3N2O3S. The Balaban J connectivity index is 1.70. The molecule has 0 radical (unpaired) electrons. The number of rotatable bonds is 4. The molecule has 170 valence electrons. The number of sulfonamides is 1. The highest BCUT2D eigenvalue weighted by Gasteiger charge is 2.30. The van der Waals surface area contributed by atoms with E-state index in [4.69, 9.17) is 0 Å². The molecule has 1 amide bonds. The standard InChI is InChI=1S/C23H23F3N2O3S/c1-17-10-11-20(32(30,31)28-13-3-2-4-14-28)16-21(17)22(29)27-12-6-8-18-7-5-9-19(15-18)23(24,25)26/h5,7,9-11,15-16H,2-4,12-14H2,1H3,(H,27,29). The van der Waals surface area contributed by atoms with Crippen LogP contribution in [0.2, 0.25) is 0 Å². The predicted molar refractivity (Wildman–Crippen MR) is 114 cm³/mol. The van der Waals surface area contributed by atoms with Gasteiger partial charge in [-0.05, 0) is 55.7 Å². The van der Waals surface area contributed by atoms with E-state index in [-0.39, 0.29) is 22.6 Å². The van der Waals surface area contributed by atoms with Gasteiger partial charge in [-0.15, -0.1) is 0 Å². The van der Waals surface area contributed by atoms with Crippen LogP contribution in [0.25, 0.3) is 0 Å². The number of carbonyl (C=O) groups excluding carboxylic acids is 1. The van der Waals surface area contributed by atoms with Crippen LogP contribution < -0.4 is 5.32 Å². The summed E-state index contributed by atoms with van der Waals surface area (Å²) in [6.45, 7) is 2.52. The number of hydrogen-bond acceptors (Lipinski definition) is 3. The van der Waals surface area contributed by atoms with Crippen molar-refractivity contribution in [3.05, 3.63) is 64.7 Å². The molecule has 1 saturated heterocycles. The van der Waals surface area contributed by atoms with Crippen LogP contribution in [0.1, 0.15) is 46.3 Å². The van der Waals surface area contributed by atoms with Crippen molar-refractivity contribution in [3.63, 3.8) is 0 Å². The van der Waals surface area contributed by atoms with Gasteiger partial charge in [0.05, 0.1) is 17.0 Å². The minimum absolute atomic E-state index is 0.0604. The zero-order valence-electron chi connectivity index (χ0n) is 17.5. The number of nitrogens with zero attached hydrogens (tertiary/aromatic N) is 1. The van der Waals surface area contributed by atoms with Crippen molar-refractivity contribution in [2.45, 2.75) is 37.3 Å². The molecule has 1 N–H and O–H groups in total. The van der Waals surface area contributed by atoms with Crippen LogP contribution in [0.3, 0.4) is 0 Å². The van der Waals surface area contributed by atoms with Gasteiger partial charge in [0.2, 0.25) is 10.0 Å². The topological polar surface area (TPSA) is 66.5 Å². The molecule has 0 aromatic heterocycles. The van der Waals surface area contributed by atoms with Crippen LogP contribution in [0, 0.1) is 18.8 Å². The van der Waals surface area contributed by atoms with Gasteiger partial charge in [-0.25, -0.2) is 8.42 Å². The Morgan fingerprint density at radius 1 is 1.09 bits per heavy atom. The molecule has 32 heavy (non-hydrogen) atoms. The van der Waals surface area contributed by atoms with Gasteiger partial charge < -0.3 is 5.32 Å². The second-order valence-electron chi connectivity index (χ2n) is 7.50. The normalized spacial score (nSPS) is 15.0. The summed E-state index contributed by atoms with van der Waals surface area (Å²) < 4.78 is 65.5. The first-order valence-corrected chi connectivity index (χ1v) is 11.6. The van der Waals surface area contributed by atoms with Crippen molar-refractivity contribution >= 4 is 15.9 Å². The number of halogens is 3. The number of hydrogen-bond donors (Lipinski definition) is 1. The zero-order valence-corrected chi connectivity index (χ0v) is 18.3. The van der Waals surface area contributed by atoms with Crippen molar-refractivity contribution in [2.24, 2.45) is 0 Å². The Hall–Kier alpha value is -2.83. The summed E-state index contributed by atoms with van der Waals surface area (Å²) in [4.78, 5) is 12.6. The second-order valence-corrected chi connectivity index (χ2v) is 9.44. The molecule has 1 aliphatic rings. The Bertz CT molecular complexity index is 1160. The number of amides is 1. The van der Waals surface area contributed by atoms with Crippen molar-refractivity contribution in [1.29, 1.82) is 0 Å². The van der Waals surface area contributed by atoms with Crippen molar-refractivity contribution in [2.75, 3.05) is 19.6 Å². The third kappa shape index (κ3) is 5.69. The molecule has 3 rings (SSSR count). The first-order valence-electron chi connectivity index (χ1n) is 10.1. The average molecular weight is 465 g/mol. The molecule has 0 aliphatic carbocycles. The van der Waals surface area contributed by atoms with E-state index >= 15 is 0 Å². The van der Waals surface area contributed by atoms with Crippen LogP contribution in [0.15, 0.2) is 47.4 Å². The van der Waals surface area contributed by atoms with Crippen molar-refractivity contribution in [3.8, 4) is 11.8 Å². The molecule has 5 nitrogen and oxygen atoms in total. The Labute approximate surface area is 185 Å². The quantitative estimate of drug-likeness (QED) is 0.697. The van der Waals surface area contributed by atoms with Crippen LogP contribution >= 0.6 is 0 Å². The highest BCUT2D eigenvalue weighted by Crippen LogP contribution is 2.29. The number of carbonyl (C=O) groups is 1. The van der Waals surface area contributed by atoms with Crippen LogP contribution in [-0.2, 0) is 16.2 Å². The molecule has 0 saturated carbocycles. The average Bonchev–Trinajstić information content (AvgIpc) is 2.77. The summed E-state index contributed by atoms with van der Waals surface area (Å²) in [5, 5.41) is 2.57. The summed E-state index contributed by atoms with van der Waals surface area (Å²) in [6, 6.07) is 9.04. The van der Waals surface area contributed by atoms with E-state index in [0.29, 0.717) is 18.7 Å². The number of piperidine rings is 1. The summed E-state index contributed by atoms with van der Waals surface area (Å²) >= 11 is 0. The third-order valence-corrected chi connectivity index (χ3v) is 7.06. The van der Waals surface area contributed by atoms with Gasteiger partial charge >= 0.3 is 6.18 Å². The molecular weight excluding hydrogens is 441 g/mol. The lowest BCUT2D eigenvalue weighted by Gasteiger charge is -2.26. The maximum atomic E-state index is 12.9. The van der Waals surface area contributed by atoms with E-state index in [1.54, 1.807) is 13.0 Å². The van der Waals surface area contributed by atoms with E-state index in [1.165, 1.54) is 28.6 Å². The molecule has 0 bridgehead atoms. The molecule has 0 unspecified atom stereocenters. The fraction of sp³-hybridized carbons (Fsp3) is 0.348. The van der Waals surface area contributed by atoms with Crippen LogP contribution in [-0.4, -0.2) is 38.3 Å². The molecule has 2 aromatic rings. The predicted octanol–water partition coefficient (Wildman–Crippen LogP) is 3.97. The van der Waals surface area contributed by atoms with Gasteiger partial charge in [0.1, 0.15) is 0 Å². The molecule has 2 aromatic carbocycles. The second kappa shape index (κ2) is 9.76. The lowest BCUT2D eigenvalue weighted by atomic mass is 10.1. The molecule has 1 heterocycles. The van der Waals surface area contributed by atoms with E-state index in [2.05, 4.69) is 17.2 Å². The Morgan fingerprint density at radius 3 is 2.50 bits per heavy atom. The lowest BCUT2D eigenvalue weighted by Crippen LogP contribution is -2.35. The minimum Gasteiger partial charge on any atom is -0.341 e. The highest BCUT2D eigenvalue weighted by molar-refractivity contribution is 7.89. The first kappa shape index (κ1) is 23.8. The number of benzene rings is 2. The van der Waals surface area contributed by atoms with Crippen molar-refractivity contribution < 1.29 is 26.4 Å².